The molecular formula is C31H35Cl2NO10S. The first-order chi connectivity index (χ1) is 21.4. The van der Waals surface area contributed by atoms with E-state index in [0.717, 1.165) is 11.1 Å². The number of carboxylic acid groups (broad SMARTS) is 2. The summed E-state index contributed by atoms with van der Waals surface area (Å²) in [4.78, 5) is 37.2. The van der Waals surface area contributed by atoms with Crippen LogP contribution in [0.2, 0.25) is 10.0 Å². The van der Waals surface area contributed by atoms with E-state index >= 15 is 0 Å². The van der Waals surface area contributed by atoms with E-state index in [9.17, 15) is 24.6 Å². The number of hydrogen-bond acceptors (Lipinski definition) is 10. The van der Waals surface area contributed by atoms with Crippen molar-refractivity contribution in [3.05, 3.63) is 44.2 Å². The molecule has 1 aliphatic heterocycles. The van der Waals surface area contributed by atoms with Gasteiger partial charge in [0, 0.05) is 42.1 Å². The number of ketones is 1. The van der Waals surface area contributed by atoms with Crippen LogP contribution in [0.1, 0.15) is 53.9 Å². The predicted octanol–water partition coefficient (Wildman–Crippen LogP) is 6.11. The van der Waals surface area contributed by atoms with Crippen LogP contribution in [0.15, 0.2) is 18.2 Å². The molecule has 0 aliphatic carbocycles. The second-order valence-electron chi connectivity index (χ2n) is 10.9. The zero-order valence-corrected chi connectivity index (χ0v) is 27.6. The molecule has 3 atom stereocenters. The largest absolute Gasteiger partial charge is 0.493 e. The molecule has 11 nitrogen and oxygen atoms in total. The minimum atomic E-state index is -1.04. The van der Waals surface area contributed by atoms with Gasteiger partial charge in [0.05, 0.1) is 54.2 Å². The molecule has 1 aliphatic rings. The molecule has 0 saturated heterocycles. The molecular weight excluding hydrogens is 649 g/mol. The summed E-state index contributed by atoms with van der Waals surface area (Å²) in [6, 6.07) is 5.18. The van der Waals surface area contributed by atoms with Crippen molar-refractivity contribution in [2.75, 3.05) is 27.4 Å². The van der Waals surface area contributed by atoms with Gasteiger partial charge in [0.1, 0.15) is 6.23 Å². The van der Waals surface area contributed by atoms with E-state index in [1.54, 1.807) is 24.0 Å². The second-order valence-corrected chi connectivity index (χ2v) is 12.7. The van der Waals surface area contributed by atoms with Crippen LogP contribution in [0.25, 0.3) is 10.1 Å². The van der Waals surface area contributed by atoms with Crippen molar-refractivity contribution in [1.29, 1.82) is 0 Å². The summed E-state index contributed by atoms with van der Waals surface area (Å²) < 4.78 is 23.7. The minimum Gasteiger partial charge on any atom is -0.493 e. The van der Waals surface area contributed by atoms with Crippen LogP contribution in [0.3, 0.4) is 0 Å². The van der Waals surface area contributed by atoms with Gasteiger partial charge in [0.25, 0.3) is 0 Å². The topological polar surface area (TPSA) is 152 Å². The average molecular weight is 685 g/mol. The first-order valence-electron chi connectivity index (χ1n) is 14.2. The third-order valence-corrected chi connectivity index (χ3v) is 9.51. The van der Waals surface area contributed by atoms with Crippen LogP contribution in [0.5, 0.6) is 23.0 Å². The van der Waals surface area contributed by atoms with Crippen LogP contribution >= 0.6 is 34.5 Å². The summed E-state index contributed by atoms with van der Waals surface area (Å²) in [6.07, 6.45) is -0.546. The van der Waals surface area contributed by atoms with Crippen molar-refractivity contribution < 1.29 is 48.7 Å². The zero-order valence-electron chi connectivity index (χ0n) is 25.2. The monoisotopic (exact) mass is 683 g/mol. The van der Waals surface area contributed by atoms with E-state index in [-0.39, 0.29) is 36.9 Å². The number of carbonyl (C=O) groups excluding carboxylic acids is 1. The van der Waals surface area contributed by atoms with Crippen molar-refractivity contribution in [1.82, 2.24) is 4.90 Å². The van der Waals surface area contributed by atoms with Crippen LogP contribution < -0.4 is 18.9 Å². The number of halogens is 2. The van der Waals surface area contributed by atoms with E-state index in [1.165, 1.54) is 32.5 Å². The van der Waals surface area contributed by atoms with Gasteiger partial charge in [-0.25, -0.2) is 0 Å². The molecule has 3 N–H and O–H groups in total. The third-order valence-electron chi connectivity index (χ3n) is 7.62. The van der Waals surface area contributed by atoms with Gasteiger partial charge in [-0.2, -0.15) is 0 Å². The smallest absolute Gasteiger partial charge is 0.306 e. The molecule has 45 heavy (non-hydrogen) atoms. The lowest BCUT2D eigenvalue weighted by atomic mass is 10.0. The number of aliphatic hydroxyl groups is 1. The van der Waals surface area contributed by atoms with Gasteiger partial charge in [-0.15, -0.1) is 11.3 Å². The molecule has 0 fully saturated rings. The number of methoxy groups -OCH3 is 2. The van der Waals surface area contributed by atoms with Crippen LogP contribution in [0, 0.1) is 11.8 Å². The maximum Gasteiger partial charge on any atom is 0.306 e. The van der Waals surface area contributed by atoms with Gasteiger partial charge in [0.2, 0.25) is 0 Å². The van der Waals surface area contributed by atoms with Crippen LogP contribution in [-0.2, 0) is 22.7 Å². The minimum absolute atomic E-state index is 0.0843. The summed E-state index contributed by atoms with van der Waals surface area (Å²) in [7, 11) is 2.99. The van der Waals surface area contributed by atoms with Gasteiger partial charge in [0.15, 0.2) is 28.8 Å². The first kappa shape index (κ1) is 34.6. The first-order valence-corrected chi connectivity index (χ1v) is 15.8. The molecule has 0 saturated carbocycles. The molecule has 1 unspecified atom stereocenters. The lowest BCUT2D eigenvalue weighted by Gasteiger charge is -2.23. The number of carboxylic acids is 2. The Morgan fingerprint density at radius 2 is 1.51 bits per heavy atom. The van der Waals surface area contributed by atoms with E-state index in [0.29, 0.717) is 62.5 Å². The normalized spacial score (nSPS) is 14.9. The number of benzene rings is 2. The number of thiophene rings is 1. The fraction of sp³-hybridized carbons (Fsp3) is 0.452. The zero-order chi connectivity index (χ0) is 33.0. The Bertz CT molecular complexity index is 1590. The number of Topliss-reactive ketones (excluding diaryl/α,β-unsaturated/α-hetero) is 1. The molecule has 0 radical (unpaired) electrons. The summed E-state index contributed by atoms with van der Waals surface area (Å²) >= 11 is 14.6. The molecule has 2 aromatic carbocycles. The molecule has 0 spiro atoms. The summed E-state index contributed by atoms with van der Waals surface area (Å²) in [5.74, 6) is -2.29. The number of hydrogen-bond donors (Lipinski definition) is 3. The maximum atomic E-state index is 12.7. The molecule has 0 amide bonds. The Morgan fingerprint density at radius 1 is 0.911 bits per heavy atom. The molecule has 4 rings (SSSR count). The lowest BCUT2D eigenvalue weighted by molar-refractivity contribution is -0.143. The number of carbonyl (C=O) groups is 3. The Hall–Kier alpha value is -3.29. The molecule has 0 bridgehead atoms. The van der Waals surface area contributed by atoms with E-state index in [1.807, 2.05) is 6.07 Å². The number of rotatable bonds is 16. The quantitative estimate of drug-likeness (QED) is 0.118. The lowest BCUT2D eigenvalue weighted by Crippen LogP contribution is -2.33. The van der Waals surface area contributed by atoms with Crippen molar-refractivity contribution in [3.63, 3.8) is 0 Å². The van der Waals surface area contributed by atoms with Crippen molar-refractivity contribution >= 4 is 62.3 Å². The fourth-order valence-electron chi connectivity index (χ4n) is 4.95. The second kappa shape index (κ2) is 14.9. The van der Waals surface area contributed by atoms with E-state index in [4.69, 9.17) is 47.3 Å². The summed E-state index contributed by atoms with van der Waals surface area (Å²) in [5, 5.41) is 30.2. The number of fused-ring (bicyclic) bond motifs is 2. The van der Waals surface area contributed by atoms with E-state index in [2.05, 4.69) is 0 Å². The van der Waals surface area contributed by atoms with Gasteiger partial charge < -0.3 is 34.3 Å². The fourth-order valence-corrected chi connectivity index (χ4v) is 6.68. The maximum absolute atomic E-state index is 12.7. The van der Waals surface area contributed by atoms with Crippen molar-refractivity contribution in [2.24, 2.45) is 11.8 Å². The Morgan fingerprint density at radius 3 is 2.11 bits per heavy atom. The molecule has 14 heteroatoms. The highest BCUT2D eigenvalue weighted by Gasteiger charge is 2.31. The highest BCUT2D eigenvalue weighted by Crippen LogP contribution is 2.45. The van der Waals surface area contributed by atoms with Gasteiger partial charge >= 0.3 is 11.9 Å². The van der Waals surface area contributed by atoms with E-state index < -0.39 is 30.0 Å². The Labute approximate surface area is 274 Å². The summed E-state index contributed by atoms with van der Waals surface area (Å²) in [6.45, 7) is 4.19. The van der Waals surface area contributed by atoms with Crippen molar-refractivity contribution in [2.45, 2.75) is 52.4 Å². The number of aliphatic hydroxyl groups excluding tert-OH is 1. The molecule has 3 aromatic rings. The molecule has 1 aromatic heterocycles. The van der Waals surface area contributed by atoms with Crippen LogP contribution in [0.4, 0.5) is 0 Å². The predicted molar refractivity (Wildman–Crippen MR) is 169 cm³/mol. The van der Waals surface area contributed by atoms with Crippen LogP contribution in [-0.4, -0.2) is 71.6 Å². The number of aliphatic carboxylic acids is 2. The van der Waals surface area contributed by atoms with Gasteiger partial charge in [-0.1, -0.05) is 37.0 Å². The summed E-state index contributed by atoms with van der Waals surface area (Å²) in [5.41, 5.74) is 1.64. The average Bonchev–Trinajstić information content (AvgIpc) is 3.63. The number of ether oxygens (including phenoxy) is 4. The third kappa shape index (κ3) is 7.75. The van der Waals surface area contributed by atoms with Crippen molar-refractivity contribution in [3.8, 4) is 23.0 Å². The highest BCUT2D eigenvalue weighted by atomic mass is 35.5. The number of nitrogens with zero attached hydrogens (tertiary/aromatic N) is 1. The van der Waals surface area contributed by atoms with Gasteiger partial charge in [-0.3, -0.25) is 19.3 Å². The molecule has 244 valence electrons. The standard InChI is InChI=1S/C31H35Cl2NO10S/c1-15(30(37)38)8-20(35)24-11-18-23(45-24)12-22(42-4)29(26(18)32)44-7-5-6-43-28-21(41-3)10-17-13-34(14-19(17)27(28)33)25(36)9-16(2)31(39)40/h10-12,15-16,25,36H,5-9,13-14H2,1-4H3,(H,37,38)(H,39,40)/t15-,16-,25?/m0/s1. The highest BCUT2D eigenvalue weighted by molar-refractivity contribution is 7.21. The SMILES string of the molecule is COc1cc2c(c(Cl)c1OCCCOc1c(OC)cc3sc(C(=O)C[C@H](C)C(=O)O)cc3c1Cl)CN(C(O)C[C@H](C)C(=O)O)C2. The Balaban J connectivity index is 1.40. The van der Waals surface area contributed by atoms with Gasteiger partial charge in [-0.05, 0) is 29.7 Å². The Kier molecular flexibility index (Phi) is 11.4. The molecule has 2 heterocycles.